The summed E-state index contributed by atoms with van der Waals surface area (Å²) in [6.45, 7) is 5.27. The summed E-state index contributed by atoms with van der Waals surface area (Å²) in [5, 5.41) is 13.5. The highest BCUT2D eigenvalue weighted by atomic mass is 127. The quantitative estimate of drug-likeness (QED) is 0.287. The third-order valence-corrected chi connectivity index (χ3v) is 7.45. The van der Waals surface area contributed by atoms with Gasteiger partial charge >= 0.3 is 0 Å². The fraction of sp³-hybridized carbons (Fsp3) is 0.720. The number of aliphatic hydroxyl groups is 1. The SMILES string of the molecule is COC1CCN(c2ccc(CCCCNC(=O)CCN(C)C3CC(C)OC(OI)[C@@H]3O)cc2)C1. The molecule has 2 saturated heterocycles. The molecule has 2 aliphatic heterocycles. The van der Waals surface area contributed by atoms with Crippen molar-refractivity contribution in [3.05, 3.63) is 29.8 Å². The highest BCUT2D eigenvalue weighted by Gasteiger charge is 2.38. The van der Waals surface area contributed by atoms with Gasteiger partial charge in [-0.25, -0.2) is 0 Å². The Morgan fingerprint density at radius 2 is 2.09 bits per heavy atom. The van der Waals surface area contributed by atoms with Crippen molar-refractivity contribution >= 4 is 34.6 Å². The molecule has 0 aromatic heterocycles. The number of halogens is 1. The van der Waals surface area contributed by atoms with E-state index in [9.17, 15) is 9.90 Å². The van der Waals surface area contributed by atoms with Gasteiger partial charge in [0.25, 0.3) is 0 Å². The number of benzene rings is 1. The Balaban J connectivity index is 1.28. The van der Waals surface area contributed by atoms with Crippen molar-refractivity contribution in [1.29, 1.82) is 0 Å². The molecule has 2 aliphatic rings. The molecule has 1 amide bonds. The number of rotatable bonds is 12. The van der Waals surface area contributed by atoms with E-state index in [1.807, 2.05) is 18.9 Å². The van der Waals surface area contributed by atoms with E-state index in [0.29, 0.717) is 32.0 Å². The molecule has 9 heteroatoms. The number of aliphatic hydroxyl groups excluding tert-OH is 1. The normalized spacial score (nSPS) is 27.4. The second-order valence-corrected chi connectivity index (χ2v) is 10.0. The van der Waals surface area contributed by atoms with Gasteiger partial charge < -0.3 is 29.7 Å². The number of anilines is 1. The van der Waals surface area contributed by atoms with Crippen molar-refractivity contribution in [3.8, 4) is 0 Å². The molecule has 1 aromatic carbocycles. The van der Waals surface area contributed by atoms with Crippen molar-refractivity contribution in [2.24, 2.45) is 0 Å². The Labute approximate surface area is 218 Å². The molecule has 0 aliphatic carbocycles. The first-order valence-corrected chi connectivity index (χ1v) is 13.2. The number of methoxy groups -OCH3 is 1. The highest BCUT2D eigenvalue weighted by Crippen LogP contribution is 2.26. The topological polar surface area (TPSA) is 83.5 Å². The predicted octanol–water partition coefficient (Wildman–Crippen LogP) is 2.90. The van der Waals surface area contributed by atoms with Crippen LogP contribution in [0.4, 0.5) is 5.69 Å². The van der Waals surface area contributed by atoms with E-state index < -0.39 is 12.4 Å². The van der Waals surface area contributed by atoms with E-state index in [1.54, 1.807) is 30.1 Å². The average molecular weight is 590 g/mol. The second kappa shape index (κ2) is 13.9. The van der Waals surface area contributed by atoms with Crippen LogP contribution in [-0.2, 0) is 23.8 Å². The molecule has 192 valence electrons. The second-order valence-electron chi connectivity index (χ2n) is 9.49. The maximum atomic E-state index is 12.3. The van der Waals surface area contributed by atoms with Gasteiger partial charge in [-0.05, 0) is 63.8 Å². The van der Waals surface area contributed by atoms with E-state index in [-0.39, 0.29) is 18.1 Å². The molecular weight excluding hydrogens is 549 g/mol. The lowest BCUT2D eigenvalue weighted by Gasteiger charge is -2.41. The largest absolute Gasteiger partial charge is 0.386 e. The lowest BCUT2D eigenvalue weighted by Crippen LogP contribution is -2.54. The molecule has 8 nitrogen and oxygen atoms in total. The van der Waals surface area contributed by atoms with Crippen molar-refractivity contribution < 1.29 is 22.4 Å². The molecule has 4 unspecified atom stereocenters. The van der Waals surface area contributed by atoms with Gasteiger partial charge in [0.2, 0.25) is 5.91 Å². The van der Waals surface area contributed by atoms with Gasteiger partial charge in [0.05, 0.1) is 12.2 Å². The number of ether oxygens (including phenoxy) is 2. The van der Waals surface area contributed by atoms with Crippen molar-refractivity contribution in [2.75, 3.05) is 45.2 Å². The van der Waals surface area contributed by atoms with Crippen LogP contribution in [0.5, 0.6) is 0 Å². The molecule has 2 fully saturated rings. The molecule has 3 rings (SSSR count). The number of carbonyl (C=O) groups excluding carboxylic acids is 1. The number of nitrogens with one attached hydrogen (secondary N) is 1. The predicted molar refractivity (Wildman–Crippen MR) is 141 cm³/mol. The van der Waals surface area contributed by atoms with E-state index in [1.165, 1.54) is 11.3 Å². The molecule has 0 bridgehead atoms. The van der Waals surface area contributed by atoms with E-state index >= 15 is 0 Å². The zero-order valence-electron chi connectivity index (χ0n) is 20.6. The van der Waals surface area contributed by atoms with Gasteiger partial charge in [-0.3, -0.25) is 7.86 Å². The van der Waals surface area contributed by atoms with Crippen LogP contribution < -0.4 is 10.2 Å². The molecule has 1 aromatic rings. The summed E-state index contributed by atoms with van der Waals surface area (Å²) in [6.07, 6.45) is 4.20. The summed E-state index contributed by atoms with van der Waals surface area (Å²) >= 11 is 1.76. The molecule has 34 heavy (non-hydrogen) atoms. The van der Waals surface area contributed by atoms with Gasteiger partial charge in [0.15, 0.2) is 6.29 Å². The Bertz CT molecular complexity index is 753. The third kappa shape index (κ3) is 8.03. The molecule has 2 heterocycles. The Morgan fingerprint density at radius 1 is 1.32 bits per heavy atom. The monoisotopic (exact) mass is 589 g/mol. The number of likely N-dealkylation sites (N-methyl/N-ethyl adjacent to an activating group) is 1. The van der Waals surface area contributed by atoms with Crippen molar-refractivity contribution in [1.82, 2.24) is 10.2 Å². The smallest absolute Gasteiger partial charge is 0.221 e. The zero-order chi connectivity index (χ0) is 24.5. The fourth-order valence-electron chi connectivity index (χ4n) is 4.78. The van der Waals surface area contributed by atoms with Crippen LogP contribution in [0, 0.1) is 0 Å². The number of hydrogen-bond acceptors (Lipinski definition) is 7. The number of carbonyl (C=O) groups is 1. The van der Waals surface area contributed by atoms with Crippen LogP contribution in [0.3, 0.4) is 0 Å². The van der Waals surface area contributed by atoms with Gasteiger partial charge in [-0.1, -0.05) is 12.1 Å². The Morgan fingerprint density at radius 3 is 2.76 bits per heavy atom. The van der Waals surface area contributed by atoms with Crippen LogP contribution in [0.1, 0.15) is 44.6 Å². The van der Waals surface area contributed by atoms with Gasteiger partial charge in [0, 0.05) is 51.4 Å². The minimum absolute atomic E-state index is 0.00359. The maximum Gasteiger partial charge on any atom is 0.221 e. The summed E-state index contributed by atoms with van der Waals surface area (Å²) in [5.74, 6) is 0.0486. The lowest BCUT2D eigenvalue weighted by atomic mass is 9.99. The van der Waals surface area contributed by atoms with Crippen LogP contribution in [-0.4, -0.2) is 86.9 Å². The van der Waals surface area contributed by atoms with E-state index in [0.717, 1.165) is 38.8 Å². The molecular formula is C25H40IN3O5. The average Bonchev–Trinajstić information content (AvgIpc) is 3.33. The number of amides is 1. The standard InChI is InChI=1S/C25H40IN3O5/c1-18-16-22(24(31)25(33-18)34-26)28(2)14-12-23(30)27-13-5-4-6-19-7-9-20(10-8-19)29-15-11-21(17-29)32-3/h7-10,18,21-22,24-25,31H,4-6,11-17H2,1-3H3,(H,27,30)/t18?,21?,22?,24-,25?/m1/s1. The van der Waals surface area contributed by atoms with E-state index in [2.05, 4.69) is 34.5 Å². The van der Waals surface area contributed by atoms with Crippen LogP contribution in [0.2, 0.25) is 0 Å². The number of unbranched alkanes of at least 4 members (excludes halogenated alkanes) is 1. The number of aryl methyl sites for hydroxylation is 1. The highest BCUT2D eigenvalue weighted by molar-refractivity contribution is 14.1. The lowest BCUT2D eigenvalue weighted by molar-refractivity contribution is -0.206. The molecule has 5 atom stereocenters. The van der Waals surface area contributed by atoms with Crippen LogP contribution in [0.25, 0.3) is 0 Å². The summed E-state index contributed by atoms with van der Waals surface area (Å²) in [7, 11) is 3.72. The fourth-order valence-corrected chi connectivity index (χ4v) is 5.20. The number of nitrogens with zero attached hydrogens (tertiary/aromatic N) is 2. The van der Waals surface area contributed by atoms with Gasteiger partial charge in [-0.2, -0.15) is 0 Å². The summed E-state index contributed by atoms with van der Waals surface area (Å²) in [5.41, 5.74) is 2.60. The minimum Gasteiger partial charge on any atom is -0.386 e. The minimum atomic E-state index is -0.729. The Hall–Kier alpha value is -0.980. The summed E-state index contributed by atoms with van der Waals surface area (Å²) in [4.78, 5) is 16.7. The van der Waals surface area contributed by atoms with Crippen molar-refractivity contribution in [2.45, 2.75) is 76.1 Å². The van der Waals surface area contributed by atoms with Gasteiger partial charge in [-0.15, -0.1) is 0 Å². The molecule has 2 N–H and O–H groups in total. The molecule has 0 spiro atoms. The first-order valence-electron chi connectivity index (χ1n) is 12.4. The van der Waals surface area contributed by atoms with Crippen LogP contribution >= 0.6 is 23.0 Å². The molecule has 0 radical (unpaired) electrons. The van der Waals surface area contributed by atoms with Crippen LogP contribution in [0.15, 0.2) is 24.3 Å². The molecule has 0 saturated carbocycles. The maximum absolute atomic E-state index is 12.3. The Kier molecular flexibility index (Phi) is 11.3. The van der Waals surface area contributed by atoms with Crippen molar-refractivity contribution in [3.63, 3.8) is 0 Å². The number of hydrogen-bond donors (Lipinski definition) is 2. The summed E-state index contributed by atoms with van der Waals surface area (Å²) in [6, 6.07) is 8.74. The zero-order valence-corrected chi connectivity index (χ0v) is 22.8. The van der Waals surface area contributed by atoms with Gasteiger partial charge in [0.1, 0.15) is 29.1 Å². The first kappa shape index (κ1) is 27.6. The van der Waals surface area contributed by atoms with E-state index in [4.69, 9.17) is 12.5 Å². The summed E-state index contributed by atoms with van der Waals surface area (Å²) < 4.78 is 16.3. The first-order chi connectivity index (χ1) is 16.4. The third-order valence-electron chi connectivity index (χ3n) is 6.95.